The molecule has 4 amide bonds. The van der Waals surface area contributed by atoms with Crippen molar-refractivity contribution >= 4 is 46.2 Å². The fourth-order valence-electron chi connectivity index (χ4n) is 6.66. The highest BCUT2D eigenvalue weighted by Gasteiger charge is 2.45. The number of carbonyl (C=O) groups is 4. The van der Waals surface area contributed by atoms with Gasteiger partial charge in [0.05, 0.1) is 28.4 Å². The van der Waals surface area contributed by atoms with Gasteiger partial charge in [0.1, 0.15) is 48.7 Å². The number of nitrogens with one attached hydrogen (secondary N) is 1. The minimum absolute atomic E-state index is 0.0680. The lowest BCUT2D eigenvalue weighted by Crippen LogP contribution is -2.60. The number of aromatic nitrogens is 5. The van der Waals surface area contributed by atoms with Crippen LogP contribution in [0.3, 0.4) is 0 Å². The number of hydrogen-bond donors (Lipinski definition) is 2. The molecule has 9 rings (SSSR count). The van der Waals surface area contributed by atoms with Gasteiger partial charge in [0.15, 0.2) is 5.65 Å². The number of carbonyl (C=O) groups excluding carboxylic acids is 4. The summed E-state index contributed by atoms with van der Waals surface area (Å²) in [7, 11) is 0. The van der Waals surface area contributed by atoms with Crippen LogP contribution >= 0.6 is 0 Å². The van der Waals surface area contributed by atoms with Gasteiger partial charge >= 0.3 is 0 Å². The molecule has 3 aliphatic rings. The second-order valence-electron chi connectivity index (χ2n) is 12.4. The first-order valence-electron chi connectivity index (χ1n) is 16.2. The fraction of sp³-hybridized carbons (Fsp3) is 0.139. The summed E-state index contributed by atoms with van der Waals surface area (Å²) in [5.74, 6) is -0.368. The molecule has 15 heteroatoms. The molecule has 1 unspecified atom stereocenters. The Kier molecular flexibility index (Phi) is 6.80. The average Bonchev–Trinajstić information content (AvgIpc) is 3.81. The predicted molar refractivity (Wildman–Crippen MR) is 185 cm³/mol. The number of para-hydroxylation sites is 1. The van der Waals surface area contributed by atoms with Gasteiger partial charge in [-0.1, -0.05) is 18.2 Å². The van der Waals surface area contributed by atoms with Crippen molar-refractivity contribution in [1.82, 2.24) is 34.6 Å². The lowest BCUT2D eigenvalue weighted by atomic mass is 10.0. The molecule has 51 heavy (non-hydrogen) atoms. The van der Waals surface area contributed by atoms with E-state index in [0.29, 0.717) is 41.6 Å². The average molecular weight is 681 g/mol. The second-order valence-corrected chi connectivity index (χ2v) is 12.4. The van der Waals surface area contributed by atoms with E-state index in [0.717, 1.165) is 27.6 Å². The lowest BCUT2D eigenvalue weighted by Gasteiger charge is -2.45. The van der Waals surface area contributed by atoms with E-state index in [4.69, 9.17) is 15.6 Å². The van der Waals surface area contributed by atoms with Crippen LogP contribution in [0.2, 0.25) is 0 Å². The van der Waals surface area contributed by atoms with Crippen LogP contribution in [0.1, 0.15) is 33.6 Å². The summed E-state index contributed by atoms with van der Waals surface area (Å²) in [6.45, 7) is 1.01. The van der Waals surface area contributed by atoms with Crippen LogP contribution in [-0.4, -0.2) is 72.3 Å². The predicted octanol–water partition coefficient (Wildman–Crippen LogP) is 3.43. The molecular formula is C36H28N10O5. The largest absolute Gasteiger partial charge is 0.457 e. The molecule has 3 aromatic heterocycles. The third-order valence-electron chi connectivity index (χ3n) is 9.29. The van der Waals surface area contributed by atoms with E-state index in [1.807, 2.05) is 82.6 Å². The first-order valence-corrected chi connectivity index (χ1v) is 16.2. The number of hydrogen-bond acceptors (Lipinski definition) is 11. The van der Waals surface area contributed by atoms with E-state index in [1.165, 1.54) is 6.33 Å². The van der Waals surface area contributed by atoms with Crippen LogP contribution in [0.15, 0.2) is 97.6 Å². The van der Waals surface area contributed by atoms with Gasteiger partial charge in [0, 0.05) is 23.9 Å². The molecule has 6 heterocycles. The van der Waals surface area contributed by atoms with Crippen molar-refractivity contribution in [2.24, 2.45) is 0 Å². The minimum Gasteiger partial charge on any atom is -0.457 e. The van der Waals surface area contributed by atoms with Gasteiger partial charge in [0.25, 0.3) is 11.8 Å². The van der Waals surface area contributed by atoms with Gasteiger partial charge in [0.2, 0.25) is 11.8 Å². The molecule has 0 spiro atoms. The summed E-state index contributed by atoms with van der Waals surface area (Å²) in [5, 5.41) is 9.85. The molecule has 6 aromatic rings. The Morgan fingerprint density at radius 1 is 0.824 bits per heavy atom. The number of nitrogens with zero attached hydrogens (tertiary/aromatic N) is 8. The summed E-state index contributed by atoms with van der Waals surface area (Å²) < 4.78 is 9.64. The summed E-state index contributed by atoms with van der Waals surface area (Å²) >= 11 is 0. The molecule has 3 aliphatic heterocycles. The highest BCUT2D eigenvalue weighted by Crippen LogP contribution is 2.35. The maximum atomic E-state index is 13.3. The Labute approximate surface area is 289 Å². The van der Waals surface area contributed by atoms with Crippen LogP contribution in [0.5, 0.6) is 11.5 Å². The van der Waals surface area contributed by atoms with Gasteiger partial charge in [-0.25, -0.2) is 14.6 Å². The van der Waals surface area contributed by atoms with Crippen molar-refractivity contribution < 1.29 is 23.9 Å². The van der Waals surface area contributed by atoms with Crippen LogP contribution in [0, 0.1) is 0 Å². The maximum Gasteiger partial charge on any atom is 0.262 e. The fourth-order valence-corrected chi connectivity index (χ4v) is 6.66. The molecule has 2 saturated heterocycles. The first-order chi connectivity index (χ1) is 24.8. The molecule has 1 atom stereocenters. The number of nitrogens with two attached hydrogens (primary N) is 1. The van der Waals surface area contributed by atoms with Gasteiger partial charge in [-0.05, 0) is 67.1 Å². The van der Waals surface area contributed by atoms with Crippen molar-refractivity contribution in [3.05, 3.63) is 109 Å². The number of nitrogen functional groups attached to an aromatic ring is 1. The number of imide groups is 2. The van der Waals surface area contributed by atoms with Crippen molar-refractivity contribution in [2.75, 3.05) is 29.0 Å². The third kappa shape index (κ3) is 5.01. The maximum absolute atomic E-state index is 13.3. The third-order valence-corrected chi connectivity index (χ3v) is 9.29. The normalized spacial score (nSPS) is 17.2. The van der Waals surface area contributed by atoms with Crippen LogP contribution in [0.25, 0.3) is 28.0 Å². The van der Waals surface area contributed by atoms with Crippen LogP contribution in [0.4, 0.5) is 11.5 Å². The van der Waals surface area contributed by atoms with E-state index in [9.17, 15) is 19.2 Å². The van der Waals surface area contributed by atoms with Crippen molar-refractivity contribution in [3.8, 4) is 28.4 Å². The van der Waals surface area contributed by atoms with Crippen LogP contribution < -0.4 is 25.7 Å². The van der Waals surface area contributed by atoms with E-state index in [2.05, 4.69) is 20.3 Å². The Hall–Kier alpha value is -7.03. The number of piperidine rings is 1. The number of benzene rings is 3. The second kappa shape index (κ2) is 11.5. The minimum atomic E-state index is -1.01. The molecule has 0 radical (unpaired) electrons. The number of rotatable bonds is 7. The van der Waals surface area contributed by atoms with Crippen molar-refractivity contribution in [1.29, 1.82) is 0 Å². The van der Waals surface area contributed by atoms with Crippen molar-refractivity contribution in [2.45, 2.75) is 18.9 Å². The summed E-state index contributed by atoms with van der Waals surface area (Å²) in [5.41, 5.74) is 10.4. The molecular weight excluding hydrogens is 652 g/mol. The smallest absolute Gasteiger partial charge is 0.262 e. The molecule has 3 aromatic carbocycles. The zero-order chi connectivity index (χ0) is 34.8. The summed E-state index contributed by atoms with van der Waals surface area (Å²) in [4.78, 5) is 62.2. The highest BCUT2D eigenvalue weighted by molar-refractivity contribution is 6.23. The summed E-state index contributed by atoms with van der Waals surface area (Å²) in [6, 6.07) is 23.2. The van der Waals surface area contributed by atoms with E-state index >= 15 is 0 Å². The Bertz CT molecular complexity index is 2400. The Morgan fingerprint density at radius 2 is 1.59 bits per heavy atom. The molecule has 2 fully saturated rings. The molecule has 15 nitrogen and oxygen atoms in total. The number of fused-ring (bicyclic) bond motifs is 2. The monoisotopic (exact) mass is 680 g/mol. The zero-order valence-corrected chi connectivity index (χ0v) is 26.8. The standard InChI is InChI=1S/C36H28N10O5/c37-32-30-31(21-6-9-25(10-7-21)51-24-4-2-1-3-5-24)41-46(33(30)39-18-38-32)23-14-15-43(17-23)44-19-42(20-44)22-8-11-26-27(16-22)36(50)45(35(26)49)28-12-13-29(47)40-34(28)48/h1-11,14-18,28H,12-13,19-20H2,(H2,37,38,39)(H,40,47,48). The van der Waals surface area contributed by atoms with Gasteiger partial charge in [-0.3, -0.25) is 39.1 Å². The number of anilines is 2. The van der Waals surface area contributed by atoms with E-state index < -0.39 is 29.7 Å². The zero-order valence-electron chi connectivity index (χ0n) is 26.8. The SMILES string of the molecule is Nc1ncnc2c1c(-c1ccc(Oc3ccccc3)cc1)nn2-c1ccn(N2CN(c3ccc4c(c3)C(=O)N(C3CCC(=O)NC3=O)C4=O)C2)c1. The van der Waals surface area contributed by atoms with Crippen LogP contribution in [-0.2, 0) is 9.59 Å². The quantitative estimate of drug-likeness (QED) is 0.237. The van der Waals surface area contributed by atoms with Crippen molar-refractivity contribution in [3.63, 3.8) is 0 Å². The molecule has 252 valence electrons. The lowest BCUT2D eigenvalue weighted by molar-refractivity contribution is -0.136. The highest BCUT2D eigenvalue weighted by atomic mass is 16.5. The molecule has 0 bridgehead atoms. The van der Waals surface area contributed by atoms with Gasteiger partial charge in [-0.2, -0.15) is 5.10 Å². The van der Waals surface area contributed by atoms with Gasteiger partial charge < -0.3 is 15.4 Å². The topological polar surface area (TPSA) is 174 Å². The molecule has 3 N–H and O–H groups in total. The number of ether oxygens (including phenoxy) is 1. The molecule has 0 saturated carbocycles. The van der Waals surface area contributed by atoms with E-state index in [1.54, 1.807) is 22.9 Å². The Morgan fingerprint density at radius 3 is 2.37 bits per heavy atom. The summed E-state index contributed by atoms with van der Waals surface area (Å²) in [6.07, 6.45) is 5.45. The van der Waals surface area contributed by atoms with E-state index in [-0.39, 0.29) is 24.0 Å². The number of amides is 4. The van der Waals surface area contributed by atoms with Gasteiger partial charge in [-0.15, -0.1) is 0 Å². The first kappa shape index (κ1) is 30.1. The Balaban J connectivity index is 0.925. The molecule has 0 aliphatic carbocycles.